The van der Waals surface area contributed by atoms with Crippen LogP contribution in [-0.4, -0.2) is 48.7 Å². The Morgan fingerprint density at radius 2 is 1.45 bits per heavy atom. The lowest BCUT2D eigenvalue weighted by atomic mass is 9.82. The van der Waals surface area contributed by atoms with Gasteiger partial charge in [0.25, 0.3) is 17.7 Å². The monoisotopic (exact) mass is 649 g/mol. The molecule has 4 atom stereocenters. The van der Waals surface area contributed by atoms with Gasteiger partial charge in [0.2, 0.25) is 0 Å². The normalized spacial score (nSPS) is 21.9. The van der Waals surface area contributed by atoms with E-state index in [0.717, 1.165) is 5.56 Å². The van der Waals surface area contributed by atoms with Gasteiger partial charge in [0.1, 0.15) is 0 Å². The Kier molecular flexibility index (Phi) is 8.86. The maximum atomic E-state index is 14.7. The lowest BCUT2D eigenvalue weighted by Gasteiger charge is -2.32. The molecule has 0 bridgehead atoms. The highest BCUT2D eigenvalue weighted by molar-refractivity contribution is 6.71. The number of fused-ring (bicyclic) bond motifs is 2. The molecule has 1 spiro atoms. The van der Waals surface area contributed by atoms with Crippen molar-refractivity contribution in [2.75, 3.05) is 22.1 Å². The molecular weight excluding hydrogens is 611 g/mol. The van der Waals surface area contributed by atoms with Crippen LogP contribution in [0.1, 0.15) is 45.2 Å². The molecule has 4 aromatic rings. The first-order valence-corrected chi connectivity index (χ1v) is 18.8. The number of nitrogens with zero attached hydrogens (tertiary/aromatic N) is 1. The van der Waals surface area contributed by atoms with Gasteiger partial charge in [-0.15, -0.1) is 0 Å². The molecule has 3 amide bonds. The molecule has 0 radical (unpaired) electrons. The second-order valence-corrected chi connectivity index (χ2v) is 16.8. The average molecular weight is 650 g/mol. The minimum Gasteiger partial charge on any atom is -0.432 e. The van der Waals surface area contributed by atoms with E-state index in [4.69, 9.17) is 4.74 Å². The largest absolute Gasteiger partial charge is 0.432 e. The number of aliphatic hydroxyl groups excluding tert-OH is 1. The molecule has 2 aliphatic heterocycles. The Morgan fingerprint density at radius 1 is 0.851 bits per heavy atom. The smallest absolute Gasteiger partial charge is 0.264 e. The van der Waals surface area contributed by atoms with Crippen LogP contribution in [0.4, 0.5) is 17.1 Å². The molecule has 9 nitrogen and oxygen atoms in total. The Bertz CT molecular complexity index is 1800. The molecule has 0 aliphatic carbocycles. The standard InChI is InChI=1S/C37H39N3O6Si/c1-24-33(47(2,3)45)32(19-20-41)46-37(24)30-22-29(39-35(43)27-14-8-5-9-15-27)17-18-31(30)40(36(37)44)23-25-11-10-16-28(21-25)38-34(42)26-12-6-4-7-13-26/h4-18,21-22,24,32-33,41,45H,19-20,23H2,1-3H3,(H,38,42)(H,39,43)/t24-,32+,33-,37+/m0/s1. The van der Waals surface area contributed by atoms with E-state index in [2.05, 4.69) is 10.6 Å². The fraction of sp³-hybridized carbons (Fsp3) is 0.270. The summed E-state index contributed by atoms with van der Waals surface area (Å²) in [6, 6.07) is 30.6. The van der Waals surface area contributed by atoms with Crippen molar-refractivity contribution in [1.82, 2.24) is 0 Å². The number of hydrogen-bond donors (Lipinski definition) is 4. The maximum absolute atomic E-state index is 14.7. The molecule has 1 saturated heterocycles. The summed E-state index contributed by atoms with van der Waals surface area (Å²) in [5, 5.41) is 15.8. The molecule has 2 aliphatic rings. The van der Waals surface area contributed by atoms with Crippen LogP contribution in [0.3, 0.4) is 0 Å². The molecule has 1 fully saturated rings. The zero-order valence-electron chi connectivity index (χ0n) is 26.6. The first-order valence-electron chi connectivity index (χ1n) is 15.8. The van der Waals surface area contributed by atoms with E-state index in [0.29, 0.717) is 33.8 Å². The van der Waals surface area contributed by atoms with Crippen molar-refractivity contribution in [3.63, 3.8) is 0 Å². The third-order valence-electron chi connectivity index (χ3n) is 9.25. The predicted molar refractivity (Wildman–Crippen MR) is 184 cm³/mol. The van der Waals surface area contributed by atoms with Crippen molar-refractivity contribution in [2.45, 2.75) is 50.2 Å². The lowest BCUT2D eigenvalue weighted by Crippen LogP contribution is -2.46. The van der Waals surface area contributed by atoms with Gasteiger partial charge in [0.15, 0.2) is 13.9 Å². The number of anilines is 3. The fourth-order valence-corrected chi connectivity index (χ4v) is 9.83. The summed E-state index contributed by atoms with van der Waals surface area (Å²) in [6.07, 6.45) is -0.248. The van der Waals surface area contributed by atoms with Gasteiger partial charge in [-0.2, -0.15) is 0 Å². The highest BCUT2D eigenvalue weighted by Crippen LogP contribution is 2.60. The fourth-order valence-electron chi connectivity index (χ4n) is 7.22. The van der Waals surface area contributed by atoms with Gasteiger partial charge < -0.3 is 30.2 Å². The van der Waals surface area contributed by atoms with Crippen molar-refractivity contribution in [3.8, 4) is 0 Å². The predicted octanol–water partition coefficient (Wildman–Crippen LogP) is 5.92. The lowest BCUT2D eigenvalue weighted by molar-refractivity contribution is -0.146. The number of aliphatic hydroxyl groups is 1. The molecule has 4 aromatic carbocycles. The third kappa shape index (κ3) is 6.12. The van der Waals surface area contributed by atoms with Crippen LogP contribution in [0.5, 0.6) is 0 Å². The van der Waals surface area contributed by atoms with E-state index in [9.17, 15) is 24.3 Å². The Balaban J connectivity index is 1.37. The molecule has 0 unspecified atom stereocenters. The van der Waals surface area contributed by atoms with Crippen molar-refractivity contribution >= 4 is 43.1 Å². The van der Waals surface area contributed by atoms with Crippen LogP contribution < -0.4 is 15.5 Å². The number of benzene rings is 4. The first kappa shape index (κ1) is 32.3. The Morgan fingerprint density at radius 3 is 2.02 bits per heavy atom. The van der Waals surface area contributed by atoms with Crippen molar-refractivity contribution in [1.29, 1.82) is 0 Å². The van der Waals surface area contributed by atoms with Gasteiger partial charge in [-0.25, -0.2) is 0 Å². The van der Waals surface area contributed by atoms with Crippen LogP contribution in [0.15, 0.2) is 103 Å². The minimum absolute atomic E-state index is 0.145. The summed E-state index contributed by atoms with van der Waals surface area (Å²) in [5.41, 5.74) is 2.42. The summed E-state index contributed by atoms with van der Waals surface area (Å²) < 4.78 is 6.73. The summed E-state index contributed by atoms with van der Waals surface area (Å²) in [5.74, 6) is -1.21. The van der Waals surface area contributed by atoms with E-state index in [1.165, 1.54) is 0 Å². The number of amides is 3. The SMILES string of the molecule is C[C@H]1[C@H]([Si](C)(C)O)[C@@H](CCO)O[C@]12C(=O)N(Cc1cccc(NC(=O)c3ccccc3)c1)c1ccc(NC(=O)c3ccccc3)cc12. The molecule has 0 saturated carbocycles. The minimum atomic E-state index is -2.88. The molecule has 4 N–H and O–H groups in total. The van der Waals surface area contributed by atoms with E-state index in [1.807, 2.05) is 56.4 Å². The topological polar surface area (TPSA) is 128 Å². The van der Waals surface area contributed by atoms with Crippen LogP contribution in [-0.2, 0) is 21.7 Å². The van der Waals surface area contributed by atoms with Crippen molar-refractivity contribution in [2.24, 2.45) is 5.92 Å². The highest BCUT2D eigenvalue weighted by Gasteiger charge is 2.66. The summed E-state index contributed by atoms with van der Waals surface area (Å²) in [7, 11) is -2.88. The van der Waals surface area contributed by atoms with Gasteiger partial charge >= 0.3 is 0 Å². The number of hydrogen-bond acceptors (Lipinski definition) is 6. The molecule has 0 aromatic heterocycles. The van der Waals surface area contributed by atoms with Crippen LogP contribution >= 0.6 is 0 Å². The molecular formula is C37H39N3O6Si. The molecule has 2 heterocycles. The number of rotatable bonds is 9. The van der Waals surface area contributed by atoms with Crippen molar-refractivity contribution in [3.05, 3.63) is 125 Å². The Hall–Kier alpha value is -4.61. The summed E-state index contributed by atoms with van der Waals surface area (Å²) >= 11 is 0. The molecule has 10 heteroatoms. The van der Waals surface area contributed by atoms with Crippen LogP contribution in [0.25, 0.3) is 0 Å². The molecule has 6 rings (SSSR count). The van der Waals surface area contributed by atoms with E-state index < -0.39 is 25.9 Å². The van der Waals surface area contributed by atoms with Gasteiger partial charge in [-0.3, -0.25) is 14.4 Å². The maximum Gasteiger partial charge on any atom is 0.264 e. The van der Waals surface area contributed by atoms with Gasteiger partial charge in [0, 0.05) is 46.1 Å². The third-order valence-corrected chi connectivity index (χ3v) is 11.8. The average Bonchev–Trinajstić information content (AvgIpc) is 3.48. The second-order valence-electron chi connectivity index (χ2n) is 12.8. The number of ether oxygens (including phenoxy) is 1. The Labute approximate surface area is 275 Å². The second kappa shape index (κ2) is 12.9. The van der Waals surface area contributed by atoms with Crippen LogP contribution in [0.2, 0.25) is 18.6 Å². The van der Waals surface area contributed by atoms with Crippen molar-refractivity contribution < 1.29 is 29.0 Å². The van der Waals surface area contributed by atoms with E-state index >= 15 is 0 Å². The van der Waals surface area contributed by atoms with E-state index in [-0.39, 0.29) is 42.8 Å². The zero-order valence-corrected chi connectivity index (χ0v) is 27.6. The molecule has 242 valence electrons. The van der Waals surface area contributed by atoms with Gasteiger partial charge in [0.05, 0.1) is 18.3 Å². The number of nitrogens with one attached hydrogen (secondary N) is 2. The number of carbonyl (C=O) groups excluding carboxylic acids is 3. The van der Waals surface area contributed by atoms with Gasteiger partial charge in [-0.05, 0) is 79.7 Å². The molecule has 47 heavy (non-hydrogen) atoms. The van der Waals surface area contributed by atoms with E-state index in [1.54, 1.807) is 71.6 Å². The quantitative estimate of drug-likeness (QED) is 0.167. The number of carbonyl (C=O) groups is 3. The van der Waals surface area contributed by atoms with Crippen LogP contribution in [0, 0.1) is 5.92 Å². The first-order chi connectivity index (χ1) is 22.5. The highest BCUT2D eigenvalue weighted by atomic mass is 28.4. The summed E-state index contributed by atoms with van der Waals surface area (Å²) in [4.78, 5) is 53.7. The summed E-state index contributed by atoms with van der Waals surface area (Å²) in [6.45, 7) is 5.67. The zero-order chi connectivity index (χ0) is 33.3. The van der Waals surface area contributed by atoms with Gasteiger partial charge in [-0.1, -0.05) is 55.5 Å².